The first-order chi connectivity index (χ1) is 31.8. The zero-order chi connectivity index (χ0) is 49.6. The van der Waals surface area contributed by atoms with Crippen LogP contribution in [-0.4, -0.2) is 133 Å². The number of hydrogen-bond acceptors (Lipinski definition) is 13. The van der Waals surface area contributed by atoms with Gasteiger partial charge in [0.25, 0.3) is 11.7 Å². The molecule has 67 heavy (non-hydrogen) atoms. The minimum atomic E-state index is -2.42. The number of nitrogens with zero attached hydrogens (tertiary/aromatic N) is 1. The first-order valence-electron chi connectivity index (χ1n) is 25.0. The number of piperidine rings is 1. The summed E-state index contributed by atoms with van der Waals surface area (Å²) < 4.78 is 29.8. The van der Waals surface area contributed by atoms with Gasteiger partial charge >= 0.3 is 5.97 Å². The number of nitrogens with one attached hydrogen (secondary N) is 1. The minimum Gasteiger partial charge on any atom is -0.460 e. The Labute approximate surface area is 400 Å². The normalized spacial score (nSPS) is 39.6. The van der Waals surface area contributed by atoms with Crippen LogP contribution in [0.4, 0.5) is 0 Å². The Morgan fingerprint density at radius 2 is 1.61 bits per heavy atom. The van der Waals surface area contributed by atoms with Crippen LogP contribution in [0, 0.1) is 35.5 Å². The van der Waals surface area contributed by atoms with Crippen molar-refractivity contribution in [2.75, 3.05) is 34.4 Å². The number of esters is 1. The van der Waals surface area contributed by atoms with E-state index in [2.05, 4.69) is 12.2 Å². The zero-order valence-electron chi connectivity index (χ0n) is 42.4. The molecule has 0 aromatic carbocycles. The Balaban J connectivity index is 1.70. The van der Waals surface area contributed by atoms with Gasteiger partial charge < -0.3 is 44.1 Å². The highest BCUT2D eigenvalue weighted by Crippen LogP contribution is 2.38. The summed E-state index contributed by atoms with van der Waals surface area (Å²) in [6.45, 7) is 15.8. The summed E-state index contributed by atoms with van der Waals surface area (Å²) in [6, 6.07) is -0.885. The van der Waals surface area contributed by atoms with Gasteiger partial charge in [-0.1, -0.05) is 78.0 Å². The summed E-state index contributed by atoms with van der Waals surface area (Å²) in [4.78, 5) is 72.2. The molecule has 15 atom stereocenters. The minimum absolute atomic E-state index is 0.00877. The van der Waals surface area contributed by atoms with Crippen molar-refractivity contribution in [3.63, 3.8) is 0 Å². The van der Waals surface area contributed by atoms with Crippen molar-refractivity contribution in [3.05, 3.63) is 47.6 Å². The number of aliphatic hydroxyl groups is 2. The van der Waals surface area contributed by atoms with E-state index in [1.54, 1.807) is 41.1 Å². The number of carbonyl (C=O) groups is 5. The maximum atomic E-state index is 14.5. The molecule has 3 aliphatic heterocycles. The summed E-state index contributed by atoms with van der Waals surface area (Å²) >= 11 is 0. The van der Waals surface area contributed by atoms with Crippen LogP contribution in [0.5, 0.6) is 0 Å². The molecule has 2 bridgehead atoms. The third-order valence-corrected chi connectivity index (χ3v) is 15.0. The lowest BCUT2D eigenvalue weighted by molar-refractivity contribution is -0.265. The molecule has 0 radical (unpaired) electrons. The van der Waals surface area contributed by atoms with E-state index < -0.39 is 77.8 Å². The highest BCUT2D eigenvalue weighted by molar-refractivity contribution is 6.39. The molecule has 2 saturated heterocycles. The molecular formula is C53H84N2O12. The Morgan fingerprint density at radius 3 is 2.28 bits per heavy atom. The molecular weight excluding hydrogens is 857 g/mol. The molecule has 14 nitrogen and oxygen atoms in total. The second-order valence-electron chi connectivity index (χ2n) is 20.2. The number of aliphatic hydroxyl groups excluding tert-OH is 1. The predicted octanol–water partition coefficient (Wildman–Crippen LogP) is 6.80. The molecule has 4 rings (SSSR count). The van der Waals surface area contributed by atoms with Gasteiger partial charge in [0.05, 0.1) is 18.3 Å². The van der Waals surface area contributed by atoms with Crippen molar-refractivity contribution >= 4 is 29.2 Å². The molecule has 3 heterocycles. The molecule has 0 spiro atoms. The number of ether oxygens (including phenoxy) is 5. The summed E-state index contributed by atoms with van der Waals surface area (Å²) in [5, 5.41) is 27.0. The van der Waals surface area contributed by atoms with E-state index in [1.165, 1.54) is 12.0 Å². The van der Waals surface area contributed by atoms with E-state index in [0.717, 1.165) is 31.4 Å². The van der Waals surface area contributed by atoms with Gasteiger partial charge in [0.2, 0.25) is 5.79 Å². The number of hydrogen-bond donors (Lipinski definition) is 3. The maximum Gasteiger partial charge on any atom is 0.329 e. The topological polar surface area (TPSA) is 187 Å². The Kier molecular flexibility index (Phi) is 22.3. The van der Waals surface area contributed by atoms with Crippen molar-refractivity contribution in [1.82, 2.24) is 10.2 Å². The summed E-state index contributed by atoms with van der Waals surface area (Å²) in [7, 11) is 4.70. The second-order valence-corrected chi connectivity index (χ2v) is 20.2. The monoisotopic (exact) mass is 941 g/mol. The number of cyclic esters (lactones) is 1. The summed E-state index contributed by atoms with van der Waals surface area (Å²) in [5.74, 6) is -7.59. The second kappa shape index (κ2) is 26.6. The van der Waals surface area contributed by atoms with Gasteiger partial charge in [0.15, 0.2) is 5.78 Å². The van der Waals surface area contributed by atoms with Crippen LogP contribution in [0.15, 0.2) is 47.6 Å². The number of rotatable bonds is 8. The summed E-state index contributed by atoms with van der Waals surface area (Å²) in [6.07, 6.45) is 13.3. The first-order valence-corrected chi connectivity index (χ1v) is 25.0. The lowest BCUT2D eigenvalue weighted by Crippen LogP contribution is -2.61. The summed E-state index contributed by atoms with van der Waals surface area (Å²) in [5.41, 5.74) is 1.29. The van der Waals surface area contributed by atoms with E-state index in [4.69, 9.17) is 23.7 Å². The standard InChI is InChI=1S/C53H84N2O12/c1-12-54-41-24-22-39(29-46(41)64-10)28-35(5)45-31-43(56)34(4)27-37(7)48(58)49(65-11)47(57)36(6)26-32(2)18-14-13-15-19-33(3)44(63-9)30-40-23-21-38(8)53(62,67-40)50(59)51(60)55-25-17-16-20-42(55)52(61)66-45/h13-15,18-19,27,32,34-36,38-42,44-46,48-49,54,58,62H,12,16-17,20-26,28-31H2,1-11H3/b15-13+,18-14+,33-19+,37-27+/t32-,34-,35-,36-,38-,39?,40+,41-,42+,44+,45?,46-,48-,49+,53-/m1/s1. The van der Waals surface area contributed by atoms with Crippen LogP contribution in [0.3, 0.4) is 0 Å². The fourth-order valence-electron chi connectivity index (χ4n) is 10.6. The molecule has 0 aromatic heterocycles. The number of allylic oxidation sites excluding steroid dienone is 6. The van der Waals surface area contributed by atoms with Gasteiger partial charge in [0, 0.05) is 64.5 Å². The third-order valence-electron chi connectivity index (χ3n) is 15.0. The van der Waals surface area contributed by atoms with Gasteiger partial charge in [-0.15, -0.1) is 0 Å². The fraction of sp³-hybridized carbons (Fsp3) is 0.755. The predicted molar refractivity (Wildman–Crippen MR) is 257 cm³/mol. The number of amides is 1. The van der Waals surface area contributed by atoms with Gasteiger partial charge in [-0.25, -0.2) is 4.79 Å². The highest BCUT2D eigenvalue weighted by Gasteiger charge is 2.53. The molecule has 3 N–H and O–H groups in total. The third kappa shape index (κ3) is 15.1. The lowest BCUT2D eigenvalue weighted by atomic mass is 9.77. The highest BCUT2D eigenvalue weighted by atomic mass is 16.6. The van der Waals surface area contributed by atoms with Crippen LogP contribution in [0.2, 0.25) is 0 Å². The van der Waals surface area contributed by atoms with E-state index in [0.29, 0.717) is 50.5 Å². The average molecular weight is 941 g/mol. The van der Waals surface area contributed by atoms with Gasteiger partial charge in [0.1, 0.15) is 30.1 Å². The maximum absolute atomic E-state index is 14.5. The van der Waals surface area contributed by atoms with Crippen LogP contribution in [0.1, 0.15) is 132 Å². The van der Waals surface area contributed by atoms with Gasteiger partial charge in [-0.05, 0) is 114 Å². The van der Waals surface area contributed by atoms with Crippen molar-refractivity contribution in [2.45, 2.75) is 187 Å². The molecule has 2 unspecified atom stereocenters. The van der Waals surface area contributed by atoms with Gasteiger partial charge in [-0.3, -0.25) is 19.2 Å². The largest absolute Gasteiger partial charge is 0.460 e. The van der Waals surface area contributed by atoms with Crippen LogP contribution in [-0.2, 0) is 47.7 Å². The van der Waals surface area contributed by atoms with Crippen molar-refractivity contribution in [3.8, 4) is 0 Å². The molecule has 1 amide bonds. The molecule has 3 fully saturated rings. The number of likely N-dealkylation sites (N-methyl/N-ethyl adjacent to an activating group) is 1. The van der Waals surface area contributed by atoms with E-state index in [9.17, 15) is 34.2 Å². The molecule has 0 aromatic rings. The molecule has 4 aliphatic rings. The van der Waals surface area contributed by atoms with E-state index in [1.807, 2.05) is 58.1 Å². The number of ketones is 3. The SMILES string of the molecule is CCN[C@@H]1CCC(C[C@@H](C)C2CC(=O)[C@H](C)/C=C(\C)[C@@H](O)[C@@H](OC)C(=O)[C@H](C)C[C@H](C)/C=C/C=C/C=C(\C)[C@@H](OC)C[C@@H]3CC[C@@H](C)[C@@](O)(O3)C(=O)C(=O)N3CCCC[C@H]3C(=O)O2)C[C@H]1OC. The number of fused-ring (bicyclic) bond motifs is 3. The Morgan fingerprint density at radius 1 is 0.881 bits per heavy atom. The molecule has 378 valence electrons. The zero-order valence-corrected chi connectivity index (χ0v) is 42.4. The van der Waals surface area contributed by atoms with Gasteiger partial charge in [-0.2, -0.15) is 0 Å². The molecule has 1 saturated carbocycles. The Hall–Kier alpha value is -3.37. The first kappa shape index (κ1) is 56.2. The number of Topliss-reactive ketones (excluding diaryl/α,β-unsaturated/α-hetero) is 3. The Bertz CT molecular complexity index is 1790. The van der Waals surface area contributed by atoms with Crippen LogP contribution >= 0.6 is 0 Å². The van der Waals surface area contributed by atoms with E-state index >= 15 is 0 Å². The number of carbonyl (C=O) groups excluding carboxylic acids is 5. The van der Waals surface area contributed by atoms with Crippen molar-refractivity contribution < 1.29 is 57.9 Å². The quantitative estimate of drug-likeness (QED) is 0.131. The van der Waals surface area contributed by atoms with Crippen molar-refractivity contribution in [2.24, 2.45) is 35.5 Å². The smallest absolute Gasteiger partial charge is 0.329 e. The van der Waals surface area contributed by atoms with Crippen molar-refractivity contribution in [1.29, 1.82) is 0 Å². The van der Waals surface area contributed by atoms with Crippen LogP contribution < -0.4 is 5.32 Å². The number of methoxy groups -OCH3 is 3. The molecule has 1 aliphatic carbocycles. The fourth-order valence-corrected chi connectivity index (χ4v) is 10.6. The van der Waals surface area contributed by atoms with Crippen LogP contribution in [0.25, 0.3) is 0 Å². The lowest BCUT2D eigenvalue weighted by Gasteiger charge is -2.42. The molecule has 14 heteroatoms. The van der Waals surface area contributed by atoms with E-state index in [-0.39, 0.29) is 60.9 Å². The average Bonchev–Trinajstić information content (AvgIpc) is 3.30.